The van der Waals surface area contributed by atoms with E-state index < -0.39 is 11.5 Å². The normalized spacial score (nSPS) is 18.2. The Morgan fingerprint density at radius 2 is 2.19 bits per heavy atom. The summed E-state index contributed by atoms with van der Waals surface area (Å²) in [5.74, 6) is -0.642. The second-order valence-corrected chi connectivity index (χ2v) is 7.50. The van der Waals surface area contributed by atoms with Crippen LogP contribution in [0.1, 0.15) is 42.9 Å². The van der Waals surface area contributed by atoms with Gasteiger partial charge in [-0.15, -0.1) is 0 Å². The van der Waals surface area contributed by atoms with Crippen LogP contribution in [-0.2, 0) is 9.47 Å². The molecule has 0 unspecified atom stereocenters. The average Bonchev–Trinajstić information content (AvgIpc) is 2.98. The Labute approximate surface area is 155 Å². The predicted octanol–water partition coefficient (Wildman–Crippen LogP) is 2.62. The number of pyridine rings is 1. The van der Waals surface area contributed by atoms with Crippen molar-refractivity contribution < 1.29 is 19.1 Å². The van der Waals surface area contributed by atoms with Gasteiger partial charge in [0.1, 0.15) is 17.4 Å². The first-order chi connectivity index (χ1) is 12.2. The molecule has 0 saturated carbocycles. The number of carbonyl (C=O) groups is 2. The Balaban J connectivity index is 1.83. The van der Waals surface area contributed by atoms with Gasteiger partial charge in [0.05, 0.1) is 23.7 Å². The van der Waals surface area contributed by atoms with Crippen LogP contribution in [0.5, 0.6) is 0 Å². The summed E-state index contributed by atoms with van der Waals surface area (Å²) < 4.78 is 11.2. The van der Waals surface area contributed by atoms with Gasteiger partial charge in [-0.05, 0) is 26.8 Å². The van der Waals surface area contributed by atoms with Gasteiger partial charge in [0.15, 0.2) is 0 Å². The molecule has 3 N–H and O–H groups in total. The van der Waals surface area contributed by atoms with Crippen LogP contribution in [0.2, 0.25) is 5.02 Å². The zero-order valence-corrected chi connectivity index (χ0v) is 15.6. The molecule has 0 aromatic carbocycles. The molecule has 3 rings (SSSR count). The van der Waals surface area contributed by atoms with Crippen LogP contribution in [0, 0.1) is 0 Å². The summed E-state index contributed by atoms with van der Waals surface area (Å²) in [6.07, 6.45) is 0.579. The lowest BCUT2D eigenvalue weighted by atomic mass is 10.2. The first-order valence-corrected chi connectivity index (χ1v) is 8.60. The summed E-state index contributed by atoms with van der Waals surface area (Å²) in [7, 11) is 0. The zero-order chi connectivity index (χ0) is 19.1. The Hall–Kier alpha value is -2.32. The summed E-state index contributed by atoms with van der Waals surface area (Å²) in [6.45, 7) is 6.64. The van der Waals surface area contributed by atoms with E-state index in [1.165, 1.54) is 6.20 Å². The highest BCUT2D eigenvalue weighted by molar-refractivity contribution is 6.38. The fraction of sp³-hybridized carbons (Fsp3) is 0.471. The molecule has 2 aromatic rings. The van der Waals surface area contributed by atoms with Crippen molar-refractivity contribution >= 4 is 34.6 Å². The molecule has 140 valence electrons. The van der Waals surface area contributed by atoms with Crippen molar-refractivity contribution in [1.82, 2.24) is 14.9 Å². The third-order valence-electron chi connectivity index (χ3n) is 3.94. The maximum absolute atomic E-state index is 12.3. The smallest absolute Gasteiger partial charge is 0.410 e. The number of amides is 2. The van der Waals surface area contributed by atoms with Gasteiger partial charge in [-0.2, -0.15) is 0 Å². The average molecular weight is 381 g/mol. The number of aromatic nitrogens is 2. The van der Waals surface area contributed by atoms with Crippen molar-refractivity contribution in [3.8, 4) is 0 Å². The number of primary amides is 1. The topological polar surface area (TPSA) is 111 Å². The number of fused-ring (bicyclic) bond motifs is 1. The largest absolute Gasteiger partial charge is 0.444 e. The number of rotatable bonds is 2. The van der Waals surface area contributed by atoms with E-state index in [0.717, 1.165) is 0 Å². The van der Waals surface area contributed by atoms with E-state index in [-0.39, 0.29) is 22.8 Å². The van der Waals surface area contributed by atoms with E-state index in [9.17, 15) is 9.59 Å². The lowest BCUT2D eigenvalue weighted by molar-refractivity contribution is -0.0444. The van der Waals surface area contributed by atoms with Gasteiger partial charge in [-0.1, -0.05) is 11.6 Å². The van der Waals surface area contributed by atoms with Gasteiger partial charge in [0.25, 0.3) is 5.91 Å². The van der Waals surface area contributed by atoms with Crippen LogP contribution in [0.15, 0.2) is 12.3 Å². The van der Waals surface area contributed by atoms with Crippen molar-refractivity contribution in [2.24, 2.45) is 5.73 Å². The Bertz CT molecular complexity index is 858. The molecule has 3 heterocycles. The highest BCUT2D eigenvalue weighted by Crippen LogP contribution is 2.30. The van der Waals surface area contributed by atoms with Gasteiger partial charge in [0, 0.05) is 23.8 Å². The fourth-order valence-electron chi connectivity index (χ4n) is 2.74. The summed E-state index contributed by atoms with van der Waals surface area (Å²) >= 11 is 6.25. The third-order valence-corrected chi connectivity index (χ3v) is 4.35. The first-order valence-electron chi connectivity index (χ1n) is 8.22. The van der Waals surface area contributed by atoms with Crippen molar-refractivity contribution in [3.63, 3.8) is 0 Å². The second kappa shape index (κ2) is 6.77. The van der Waals surface area contributed by atoms with E-state index in [1.54, 1.807) is 11.0 Å². The molecule has 26 heavy (non-hydrogen) atoms. The Kier molecular flexibility index (Phi) is 4.81. The molecule has 1 fully saturated rings. The van der Waals surface area contributed by atoms with Crippen molar-refractivity contribution in [2.45, 2.75) is 32.5 Å². The molecule has 0 radical (unpaired) electrons. The molecule has 1 aliphatic rings. The first kappa shape index (κ1) is 18.5. The van der Waals surface area contributed by atoms with Crippen molar-refractivity contribution in [2.75, 3.05) is 19.7 Å². The van der Waals surface area contributed by atoms with Crippen LogP contribution < -0.4 is 5.73 Å². The standard InChI is InChI=1S/C17H21ClN4O4/c1-17(2,3)26-16(24)22-4-5-25-12(8-22)11-6-9-13(18)10(14(19)23)7-20-15(9)21-11/h6-7,12H,4-5,8H2,1-3H3,(H2,19,23)(H,20,21)/t12-/m1/s1. The number of hydrogen-bond acceptors (Lipinski definition) is 5. The van der Waals surface area contributed by atoms with Crippen LogP contribution in [0.4, 0.5) is 4.79 Å². The number of carbonyl (C=O) groups excluding carboxylic acids is 2. The molecule has 0 bridgehead atoms. The summed E-state index contributed by atoms with van der Waals surface area (Å²) in [6, 6.07) is 1.76. The molecular weight excluding hydrogens is 360 g/mol. The predicted molar refractivity (Wildman–Crippen MR) is 96.1 cm³/mol. The van der Waals surface area contributed by atoms with Gasteiger partial charge in [0.2, 0.25) is 0 Å². The van der Waals surface area contributed by atoms with Gasteiger partial charge in [-0.3, -0.25) is 4.79 Å². The molecule has 0 aliphatic carbocycles. The molecule has 1 aliphatic heterocycles. The fourth-order valence-corrected chi connectivity index (χ4v) is 3.02. The van der Waals surface area contributed by atoms with Gasteiger partial charge < -0.3 is 25.1 Å². The number of H-pyrrole nitrogens is 1. The van der Waals surface area contributed by atoms with E-state index in [4.69, 9.17) is 26.8 Å². The lowest BCUT2D eigenvalue weighted by Gasteiger charge is -2.33. The summed E-state index contributed by atoms with van der Waals surface area (Å²) in [4.78, 5) is 32.6. The van der Waals surface area contributed by atoms with Crippen molar-refractivity contribution in [3.05, 3.63) is 28.5 Å². The number of nitrogens with one attached hydrogen (secondary N) is 1. The number of aromatic amines is 1. The van der Waals surface area contributed by atoms with Crippen LogP contribution >= 0.6 is 11.6 Å². The molecule has 1 atom stereocenters. The van der Waals surface area contributed by atoms with Crippen LogP contribution in [-0.4, -0.2) is 52.2 Å². The highest BCUT2D eigenvalue weighted by Gasteiger charge is 2.30. The SMILES string of the molecule is CC(C)(C)OC(=O)N1CCO[C@@H](c2cc3c(Cl)c(C(N)=O)cnc3[nH]2)C1. The van der Waals surface area contributed by atoms with E-state index in [1.807, 2.05) is 20.8 Å². The number of ether oxygens (including phenoxy) is 2. The molecule has 8 nitrogen and oxygen atoms in total. The zero-order valence-electron chi connectivity index (χ0n) is 14.8. The van der Waals surface area contributed by atoms with Gasteiger partial charge >= 0.3 is 6.09 Å². The summed E-state index contributed by atoms with van der Waals surface area (Å²) in [5.41, 5.74) is 6.13. The Morgan fingerprint density at radius 1 is 1.46 bits per heavy atom. The number of hydrogen-bond donors (Lipinski definition) is 2. The lowest BCUT2D eigenvalue weighted by Crippen LogP contribution is -2.44. The quantitative estimate of drug-likeness (QED) is 0.831. The Morgan fingerprint density at radius 3 is 2.85 bits per heavy atom. The van der Waals surface area contributed by atoms with E-state index in [2.05, 4.69) is 9.97 Å². The third kappa shape index (κ3) is 3.76. The van der Waals surface area contributed by atoms with Crippen LogP contribution in [0.25, 0.3) is 11.0 Å². The second-order valence-electron chi connectivity index (χ2n) is 7.12. The van der Waals surface area contributed by atoms with E-state index >= 15 is 0 Å². The minimum absolute atomic E-state index is 0.157. The molecule has 9 heteroatoms. The van der Waals surface area contributed by atoms with Crippen molar-refractivity contribution in [1.29, 1.82) is 0 Å². The maximum Gasteiger partial charge on any atom is 0.410 e. The minimum atomic E-state index is -0.642. The molecule has 2 aromatic heterocycles. The molecule has 0 spiro atoms. The molecule has 2 amide bonds. The minimum Gasteiger partial charge on any atom is -0.444 e. The summed E-state index contributed by atoms with van der Waals surface area (Å²) in [5, 5.41) is 0.820. The van der Waals surface area contributed by atoms with Gasteiger partial charge in [-0.25, -0.2) is 9.78 Å². The highest BCUT2D eigenvalue weighted by atomic mass is 35.5. The molecule has 1 saturated heterocycles. The number of nitrogens with two attached hydrogens (primary N) is 1. The number of nitrogens with zero attached hydrogens (tertiary/aromatic N) is 2. The monoisotopic (exact) mass is 380 g/mol. The van der Waals surface area contributed by atoms with E-state index in [0.29, 0.717) is 36.4 Å². The van der Waals surface area contributed by atoms with Crippen LogP contribution in [0.3, 0.4) is 0 Å². The number of halogens is 1. The number of morpholine rings is 1. The molecular formula is C17H21ClN4O4. The maximum atomic E-state index is 12.3.